The summed E-state index contributed by atoms with van der Waals surface area (Å²) in [5, 5.41) is 0. The van der Waals surface area contributed by atoms with E-state index in [1.54, 1.807) is 0 Å². The summed E-state index contributed by atoms with van der Waals surface area (Å²) in [7, 11) is 0. The lowest BCUT2D eigenvalue weighted by molar-refractivity contribution is 0.118. The smallest absolute Gasteiger partial charge is 0.0632 e. The number of hydrazine groups is 1. The second-order valence-corrected chi connectivity index (χ2v) is 3.49. The molecule has 0 saturated heterocycles. The van der Waals surface area contributed by atoms with Gasteiger partial charge in [0.2, 0.25) is 0 Å². The van der Waals surface area contributed by atoms with Crippen LogP contribution < -0.4 is 11.3 Å². The summed E-state index contributed by atoms with van der Waals surface area (Å²) in [6.45, 7) is 7.91. The maximum Gasteiger partial charge on any atom is 0.0632 e. The lowest BCUT2D eigenvalue weighted by Gasteiger charge is -2.16. The molecule has 1 atom stereocenters. The van der Waals surface area contributed by atoms with Crippen LogP contribution in [-0.4, -0.2) is 19.3 Å². The summed E-state index contributed by atoms with van der Waals surface area (Å²) < 4.78 is 5.28. The predicted octanol–water partition coefficient (Wildman–Crippen LogP) is 1.29. The van der Waals surface area contributed by atoms with Gasteiger partial charge in [-0.3, -0.25) is 11.3 Å². The molecular weight excluding hydrogens is 152 g/mol. The van der Waals surface area contributed by atoms with E-state index in [1.165, 1.54) is 6.42 Å². The zero-order valence-corrected chi connectivity index (χ0v) is 8.47. The molecule has 0 fully saturated rings. The molecule has 0 aromatic heterocycles. The maximum atomic E-state index is 5.37. The van der Waals surface area contributed by atoms with Gasteiger partial charge in [0, 0.05) is 12.6 Å². The van der Waals surface area contributed by atoms with Gasteiger partial charge in [-0.25, -0.2) is 0 Å². The molecular formula is C9H22N2O. The fourth-order valence-corrected chi connectivity index (χ4v) is 1.01. The Kier molecular flexibility index (Phi) is 7.45. The molecule has 0 aromatic carbocycles. The number of hydrogen-bond donors (Lipinski definition) is 2. The molecule has 0 aromatic rings. The van der Waals surface area contributed by atoms with Gasteiger partial charge < -0.3 is 4.74 Å². The lowest BCUT2D eigenvalue weighted by Crippen LogP contribution is -2.38. The molecule has 0 spiro atoms. The van der Waals surface area contributed by atoms with E-state index in [9.17, 15) is 0 Å². The Balaban J connectivity index is 3.39. The first-order valence-electron chi connectivity index (χ1n) is 4.74. The molecule has 0 aliphatic rings. The molecule has 0 saturated carbocycles. The van der Waals surface area contributed by atoms with Crippen molar-refractivity contribution in [3.8, 4) is 0 Å². The fourth-order valence-electron chi connectivity index (χ4n) is 1.01. The molecule has 0 radical (unpaired) electrons. The fraction of sp³-hybridized carbons (Fsp3) is 1.00. The van der Waals surface area contributed by atoms with Crippen LogP contribution in [0.5, 0.6) is 0 Å². The molecule has 1 unspecified atom stereocenters. The Labute approximate surface area is 75.6 Å². The van der Waals surface area contributed by atoms with Crippen molar-refractivity contribution < 1.29 is 4.74 Å². The molecule has 0 aliphatic carbocycles. The summed E-state index contributed by atoms with van der Waals surface area (Å²) in [6, 6.07) is 0.312. The van der Waals surface area contributed by atoms with Gasteiger partial charge in [-0.05, 0) is 25.7 Å². The minimum absolute atomic E-state index is 0.312. The summed E-state index contributed by atoms with van der Waals surface area (Å²) in [5.41, 5.74) is 2.77. The normalized spacial score (nSPS) is 13.8. The van der Waals surface area contributed by atoms with E-state index in [4.69, 9.17) is 10.6 Å². The topological polar surface area (TPSA) is 47.3 Å². The Morgan fingerprint density at radius 2 is 2.00 bits per heavy atom. The van der Waals surface area contributed by atoms with Crippen molar-refractivity contribution in [2.24, 2.45) is 11.8 Å². The molecule has 0 amide bonds. The molecule has 0 heterocycles. The van der Waals surface area contributed by atoms with Crippen molar-refractivity contribution in [3.63, 3.8) is 0 Å². The van der Waals surface area contributed by atoms with E-state index in [2.05, 4.69) is 19.3 Å². The first kappa shape index (κ1) is 11.9. The van der Waals surface area contributed by atoms with Crippen LogP contribution in [-0.2, 0) is 4.74 Å². The highest BCUT2D eigenvalue weighted by atomic mass is 16.5. The zero-order chi connectivity index (χ0) is 9.40. The van der Waals surface area contributed by atoms with E-state index in [1.807, 2.05) is 6.92 Å². The molecule has 74 valence electrons. The van der Waals surface area contributed by atoms with Gasteiger partial charge in [-0.2, -0.15) is 0 Å². The first-order chi connectivity index (χ1) is 5.70. The van der Waals surface area contributed by atoms with Crippen molar-refractivity contribution in [1.82, 2.24) is 5.43 Å². The monoisotopic (exact) mass is 174 g/mol. The molecule has 0 rings (SSSR count). The number of hydrogen-bond acceptors (Lipinski definition) is 3. The van der Waals surface area contributed by atoms with Crippen LogP contribution in [0.4, 0.5) is 0 Å². The molecule has 12 heavy (non-hydrogen) atoms. The van der Waals surface area contributed by atoms with Crippen LogP contribution >= 0.6 is 0 Å². The van der Waals surface area contributed by atoms with Gasteiger partial charge in [0.05, 0.1) is 6.61 Å². The highest BCUT2D eigenvalue weighted by Gasteiger charge is 2.06. The van der Waals surface area contributed by atoms with Crippen molar-refractivity contribution >= 4 is 0 Å². The lowest BCUT2D eigenvalue weighted by atomic mass is 10.0. The molecule has 3 N–H and O–H groups in total. The Bertz CT molecular complexity index is 96.5. The Hall–Kier alpha value is -0.120. The Morgan fingerprint density at radius 1 is 1.33 bits per heavy atom. The first-order valence-corrected chi connectivity index (χ1v) is 4.74. The van der Waals surface area contributed by atoms with Crippen LogP contribution in [0.15, 0.2) is 0 Å². The number of nitrogens with one attached hydrogen (secondary N) is 1. The zero-order valence-electron chi connectivity index (χ0n) is 8.47. The minimum Gasteiger partial charge on any atom is -0.380 e. The van der Waals surface area contributed by atoms with Crippen LogP contribution in [0.1, 0.15) is 33.6 Å². The third-order valence-corrected chi connectivity index (χ3v) is 1.85. The highest BCUT2D eigenvalue weighted by Crippen LogP contribution is 2.06. The van der Waals surface area contributed by atoms with E-state index in [0.717, 1.165) is 25.6 Å². The van der Waals surface area contributed by atoms with Gasteiger partial charge in [0.1, 0.15) is 0 Å². The van der Waals surface area contributed by atoms with Crippen LogP contribution in [0, 0.1) is 5.92 Å². The molecule has 3 heteroatoms. The predicted molar refractivity (Wildman–Crippen MR) is 51.7 cm³/mol. The number of nitrogens with two attached hydrogens (primary N) is 1. The Morgan fingerprint density at radius 3 is 2.42 bits per heavy atom. The van der Waals surface area contributed by atoms with Gasteiger partial charge in [-0.1, -0.05) is 13.8 Å². The van der Waals surface area contributed by atoms with Crippen molar-refractivity contribution in [2.75, 3.05) is 13.2 Å². The SMILES string of the molecule is CCOCC(CCC(C)C)NN. The molecule has 0 bridgehead atoms. The van der Waals surface area contributed by atoms with Crippen molar-refractivity contribution in [2.45, 2.75) is 39.7 Å². The number of rotatable bonds is 7. The summed E-state index contributed by atoms with van der Waals surface area (Å²) >= 11 is 0. The largest absolute Gasteiger partial charge is 0.380 e. The summed E-state index contributed by atoms with van der Waals surface area (Å²) in [4.78, 5) is 0. The van der Waals surface area contributed by atoms with Crippen molar-refractivity contribution in [3.05, 3.63) is 0 Å². The van der Waals surface area contributed by atoms with E-state index in [-0.39, 0.29) is 0 Å². The van der Waals surface area contributed by atoms with Gasteiger partial charge in [0.25, 0.3) is 0 Å². The molecule has 3 nitrogen and oxygen atoms in total. The van der Waals surface area contributed by atoms with Crippen LogP contribution in [0.2, 0.25) is 0 Å². The second kappa shape index (κ2) is 7.53. The van der Waals surface area contributed by atoms with Gasteiger partial charge in [0.15, 0.2) is 0 Å². The standard InChI is InChI=1S/C9H22N2O/c1-4-12-7-9(11-10)6-5-8(2)3/h8-9,11H,4-7,10H2,1-3H3. The number of ether oxygens (including phenoxy) is 1. The van der Waals surface area contributed by atoms with E-state index < -0.39 is 0 Å². The summed E-state index contributed by atoms with van der Waals surface area (Å²) in [6.07, 6.45) is 2.29. The third kappa shape index (κ3) is 6.58. The quantitative estimate of drug-likeness (QED) is 0.451. The average molecular weight is 174 g/mol. The van der Waals surface area contributed by atoms with Crippen molar-refractivity contribution in [1.29, 1.82) is 0 Å². The minimum atomic E-state index is 0.312. The van der Waals surface area contributed by atoms with Gasteiger partial charge in [-0.15, -0.1) is 0 Å². The average Bonchev–Trinajstić information content (AvgIpc) is 2.05. The van der Waals surface area contributed by atoms with E-state index in [0.29, 0.717) is 6.04 Å². The third-order valence-electron chi connectivity index (χ3n) is 1.85. The highest BCUT2D eigenvalue weighted by molar-refractivity contribution is 4.63. The van der Waals surface area contributed by atoms with Crippen LogP contribution in [0.3, 0.4) is 0 Å². The second-order valence-electron chi connectivity index (χ2n) is 3.49. The van der Waals surface area contributed by atoms with Crippen LogP contribution in [0.25, 0.3) is 0 Å². The van der Waals surface area contributed by atoms with E-state index >= 15 is 0 Å². The molecule has 0 aliphatic heterocycles. The summed E-state index contributed by atoms with van der Waals surface area (Å²) in [5.74, 6) is 6.11. The maximum absolute atomic E-state index is 5.37. The van der Waals surface area contributed by atoms with Gasteiger partial charge >= 0.3 is 0 Å².